The summed E-state index contributed by atoms with van der Waals surface area (Å²) in [5, 5.41) is 0.738. The van der Waals surface area contributed by atoms with Gasteiger partial charge in [-0.05, 0) is 56.4 Å². The summed E-state index contributed by atoms with van der Waals surface area (Å²) < 4.78 is 5.23. The molecule has 0 spiro atoms. The zero-order chi connectivity index (χ0) is 12.3. The van der Waals surface area contributed by atoms with E-state index in [4.69, 9.17) is 10.5 Å². The molecule has 17 heavy (non-hydrogen) atoms. The van der Waals surface area contributed by atoms with Crippen molar-refractivity contribution in [3.05, 3.63) is 23.8 Å². The molecule has 2 rings (SSSR count). The summed E-state index contributed by atoms with van der Waals surface area (Å²) in [5.74, 6) is 0.942. The predicted octanol–water partition coefficient (Wildman–Crippen LogP) is 3.37. The Balaban J connectivity index is 1.99. The minimum atomic E-state index is 0.434. The number of hydrogen-bond acceptors (Lipinski definition) is 3. The molecule has 1 aliphatic carbocycles. The Labute approximate surface area is 108 Å². The van der Waals surface area contributed by atoms with E-state index in [-0.39, 0.29) is 0 Å². The van der Waals surface area contributed by atoms with Crippen molar-refractivity contribution in [3.63, 3.8) is 0 Å². The molecule has 3 heteroatoms. The molecule has 1 aromatic rings. The van der Waals surface area contributed by atoms with Gasteiger partial charge in [-0.1, -0.05) is 0 Å². The van der Waals surface area contributed by atoms with Crippen molar-refractivity contribution in [1.29, 1.82) is 0 Å². The maximum Gasteiger partial charge on any atom is 0.119 e. The van der Waals surface area contributed by atoms with Gasteiger partial charge < -0.3 is 10.5 Å². The van der Waals surface area contributed by atoms with Crippen LogP contribution in [-0.4, -0.2) is 18.4 Å². The maximum absolute atomic E-state index is 5.93. The van der Waals surface area contributed by atoms with E-state index >= 15 is 0 Å². The highest BCUT2D eigenvalue weighted by molar-refractivity contribution is 8.00. The van der Waals surface area contributed by atoms with Gasteiger partial charge in [0.05, 0.1) is 7.11 Å². The lowest BCUT2D eigenvalue weighted by molar-refractivity contribution is 0.414. The molecular weight excluding hydrogens is 230 g/mol. The van der Waals surface area contributed by atoms with Gasteiger partial charge in [0, 0.05) is 16.2 Å². The first-order valence-corrected chi connectivity index (χ1v) is 7.14. The van der Waals surface area contributed by atoms with Crippen LogP contribution in [0, 0.1) is 6.92 Å². The number of ether oxygens (including phenoxy) is 1. The average Bonchev–Trinajstić information content (AvgIpc) is 2.34. The van der Waals surface area contributed by atoms with Crippen LogP contribution in [-0.2, 0) is 0 Å². The Hall–Kier alpha value is -0.670. The first kappa shape index (κ1) is 12.8. The lowest BCUT2D eigenvalue weighted by Crippen LogP contribution is -2.27. The van der Waals surface area contributed by atoms with E-state index in [1.54, 1.807) is 7.11 Å². The van der Waals surface area contributed by atoms with E-state index in [0.29, 0.717) is 6.04 Å². The number of methoxy groups -OCH3 is 1. The quantitative estimate of drug-likeness (QED) is 0.894. The van der Waals surface area contributed by atoms with E-state index in [1.807, 2.05) is 17.8 Å². The van der Waals surface area contributed by atoms with Crippen molar-refractivity contribution in [1.82, 2.24) is 0 Å². The lowest BCUT2D eigenvalue weighted by atomic mass is 9.96. The normalized spacial score (nSPS) is 24.6. The standard InChI is InChI=1S/C14H21NOS/c1-10-9-12(16-2)5-8-14(10)17-13-6-3-11(15)4-7-13/h5,8-9,11,13H,3-4,6-7,15H2,1-2H3. The first-order chi connectivity index (χ1) is 8.19. The van der Waals surface area contributed by atoms with Crippen LogP contribution in [0.3, 0.4) is 0 Å². The summed E-state index contributed by atoms with van der Waals surface area (Å²) in [4.78, 5) is 1.38. The molecule has 0 saturated heterocycles. The third-order valence-corrected chi connectivity index (χ3v) is 4.91. The summed E-state index contributed by atoms with van der Waals surface area (Å²) in [5.41, 5.74) is 7.24. The summed E-state index contributed by atoms with van der Waals surface area (Å²) in [6, 6.07) is 6.76. The Morgan fingerprint density at radius 2 is 1.94 bits per heavy atom. The second kappa shape index (κ2) is 5.78. The number of benzene rings is 1. The molecule has 1 aromatic carbocycles. The van der Waals surface area contributed by atoms with Crippen LogP contribution in [0.2, 0.25) is 0 Å². The monoisotopic (exact) mass is 251 g/mol. The molecule has 0 atom stereocenters. The van der Waals surface area contributed by atoms with Gasteiger partial charge in [0.15, 0.2) is 0 Å². The van der Waals surface area contributed by atoms with Crippen LogP contribution in [0.1, 0.15) is 31.2 Å². The van der Waals surface area contributed by atoms with Crippen molar-refractivity contribution in [3.8, 4) is 5.75 Å². The van der Waals surface area contributed by atoms with E-state index < -0.39 is 0 Å². The Kier molecular flexibility index (Phi) is 4.35. The molecule has 0 radical (unpaired) electrons. The van der Waals surface area contributed by atoms with E-state index in [9.17, 15) is 0 Å². The molecule has 1 aliphatic rings. The third-order valence-electron chi connectivity index (χ3n) is 3.39. The molecule has 2 N–H and O–H groups in total. The molecule has 0 heterocycles. The highest BCUT2D eigenvalue weighted by Gasteiger charge is 2.19. The van der Waals surface area contributed by atoms with Gasteiger partial charge in [0.2, 0.25) is 0 Å². The second-order valence-electron chi connectivity index (χ2n) is 4.79. The summed E-state index contributed by atoms with van der Waals surface area (Å²) in [7, 11) is 1.71. The van der Waals surface area contributed by atoms with Crippen molar-refractivity contribution in [2.45, 2.75) is 48.8 Å². The smallest absolute Gasteiger partial charge is 0.119 e. The molecule has 0 amide bonds. The number of hydrogen-bond donors (Lipinski definition) is 1. The van der Waals surface area contributed by atoms with Crippen molar-refractivity contribution >= 4 is 11.8 Å². The molecule has 1 fully saturated rings. The fourth-order valence-corrected chi connectivity index (χ4v) is 3.53. The zero-order valence-electron chi connectivity index (χ0n) is 10.6. The van der Waals surface area contributed by atoms with Crippen LogP contribution in [0.4, 0.5) is 0 Å². The Morgan fingerprint density at radius 1 is 1.24 bits per heavy atom. The van der Waals surface area contributed by atoms with Crippen molar-refractivity contribution in [2.75, 3.05) is 7.11 Å². The van der Waals surface area contributed by atoms with Crippen LogP contribution in [0.5, 0.6) is 5.75 Å². The number of nitrogens with two attached hydrogens (primary N) is 1. The van der Waals surface area contributed by atoms with Crippen LogP contribution >= 0.6 is 11.8 Å². The molecule has 0 bridgehead atoms. The maximum atomic E-state index is 5.93. The van der Waals surface area contributed by atoms with Gasteiger partial charge in [-0.2, -0.15) is 0 Å². The fourth-order valence-electron chi connectivity index (χ4n) is 2.27. The second-order valence-corrected chi connectivity index (χ2v) is 6.13. The predicted molar refractivity (Wildman–Crippen MR) is 73.8 cm³/mol. The number of thioether (sulfide) groups is 1. The molecule has 94 valence electrons. The highest BCUT2D eigenvalue weighted by Crippen LogP contribution is 2.35. The van der Waals surface area contributed by atoms with Gasteiger partial charge in [0.25, 0.3) is 0 Å². The average molecular weight is 251 g/mol. The number of aryl methyl sites for hydroxylation is 1. The molecule has 1 saturated carbocycles. The van der Waals surface area contributed by atoms with E-state index in [2.05, 4.69) is 19.1 Å². The lowest BCUT2D eigenvalue weighted by Gasteiger charge is -2.26. The van der Waals surface area contributed by atoms with Crippen LogP contribution < -0.4 is 10.5 Å². The molecule has 0 aliphatic heterocycles. The summed E-state index contributed by atoms with van der Waals surface area (Å²) in [6.07, 6.45) is 4.84. The first-order valence-electron chi connectivity index (χ1n) is 6.26. The fraction of sp³-hybridized carbons (Fsp3) is 0.571. The van der Waals surface area contributed by atoms with Gasteiger partial charge in [-0.3, -0.25) is 0 Å². The largest absolute Gasteiger partial charge is 0.497 e. The van der Waals surface area contributed by atoms with Crippen molar-refractivity contribution in [2.24, 2.45) is 5.73 Å². The Bertz CT molecular complexity index is 372. The topological polar surface area (TPSA) is 35.2 Å². The highest BCUT2D eigenvalue weighted by atomic mass is 32.2. The summed E-state index contributed by atoms with van der Waals surface area (Å²) in [6.45, 7) is 2.15. The van der Waals surface area contributed by atoms with Gasteiger partial charge in [0.1, 0.15) is 5.75 Å². The van der Waals surface area contributed by atoms with Gasteiger partial charge in [-0.25, -0.2) is 0 Å². The van der Waals surface area contributed by atoms with Gasteiger partial charge >= 0.3 is 0 Å². The molecular formula is C14H21NOS. The molecule has 2 nitrogen and oxygen atoms in total. The minimum absolute atomic E-state index is 0.434. The van der Waals surface area contributed by atoms with Crippen LogP contribution in [0.15, 0.2) is 23.1 Å². The zero-order valence-corrected chi connectivity index (χ0v) is 11.4. The minimum Gasteiger partial charge on any atom is -0.497 e. The summed E-state index contributed by atoms with van der Waals surface area (Å²) >= 11 is 2.00. The van der Waals surface area contributed by atoms with Crippen LogP contribution in [0.25, 0.3) is 0 Å². The molecule has 0 aromatic heterocycles. The van der Waals surface area contributed by atoms with E-state index in [1.165, 1.54) is 36.1 Å². The third kappa shape index (κ3) is 3.39. The van der Waals surface area contributed by atoms with Crippen molar-refractivity contribution < 1.29 is 4.74 Å². The number of rotatable bonds is 3. The Morgan fingerprint density at radius 3 is 2.53 bits per heavy atom. The van der Waals surface area contributed by atoms with Gasteiger partial charge in [-0.15, -0.1) is 11.8 Å². The molecule has 0 unspecified atom stereocenters. The van der Waals surface area contributed by atoms with E-state index in [0.717, 1.165) is 11.0 Å². The SMILES string of the molecule is COc1ccc(SC2CCC(N)CC2)c(C)c1.